The van der Waals surface area contributed by atoms with Gasteiger partial charge in [-0.2, -0.15) is 0 Å². The van der Waals surface area contributed by atoms with Gasteiger partial charge in [0.05, 0.1) is 0 Å². The molecule has 0 fully saturated rings. The molecular weight excluding hydrogens is 182 g/mol. The van der Waals surface area contributed by atoms with Crippen LogP contribution in [0.25, 0.3) is 0 Å². The monoisotopic (exact) mass is 193 g/mol. The molecule has 1 rings (SSSR count). The number of esters is 1. The van der Waals surface area contributed by atoms with Crippen LogP contribution in [0.5, 0.6) is 0 Å². The van der Waals surface area contributed by atoms with Crippen LogP contribution >= 0.6 is 0 Å². The number of ether oxygens (including phenoxy) is 1. The first-order valence-electron chi connectivity index (χ1n) is 4.12. The van der Waals surface area contributed by atoms with Crippen LogP contribution in [-0.2, 0) is 16.1 Å². The maximum atomic E-state index is 10.9. The molecule has 0 aliphatic heterocycles. The average Bonchev–Trinajstić information content (AvgIpc) is 2.15. The second-order valence-electron chi connectivity index (χ2n) is 2.80. The molecule has 4 heteroatoms. The molecule has 14 heavy (non-hydrogen) atoms. The van der Waals surface area contributed by atoms with Crippen LogP contribution in [0.3, 0.4) is 0 Å². The van der Waals surface area contributed by atoms with Gasteiger partial charge < -0.3 is 10.5 Å². The van der Waals surface area contributed by atoms with Gasteiger partial charge in [-0.1, -0.05) is 18.2 Å². The summed E-state index contributed by atoms with van der Waals surface area (Å²) in [4.78, 5) is 21.5. The lowest BCUT2D eigenvalue weighted by molar-refractivity contribution is -0.142. The highest BCUT2D eigenvalue weighted by Gasteiger charge is 2.07. The van der Waals surface area contributed by atoms with E-state index in [0.29, 0.717) is 11.1 Å². The number of primary amides is 1. The van der Waals surface area contributed by atoms with Gasteiger partial charge >= 0.3 is 5.97 Å². The van der Waals surface area contributed by atoms with Crippen LogP contribution in [0.15, 0.2) is 24.3 Å². The highest BCUT2D eigenvalue weighted by atomic mass is 16.5. The van der Waals surface area contributed by atoms with Gasteiger partial charge in [0, 0.05) is 18.1 Å². The largest absolute Gasteiger partial charge is 0.461 e. The smallest absolute Gasteiger partial charge is 0.302 e. The lowest BCUT2D eigenvalue weighted by Crippen LogP contribution is -2.14. The van der Waals surface area contributed by atoms with Crippen LogP contribution in [0.1, 0.15) is 22.8 Å². The van der Waals surface area contributed by atoms with Crippen molar-refractivity contribution in [2.24, 2.45) is 5.73 Å². The molecule has 0 saturated heterocycles. The number of carbonyl (C=O) groups excluding carboxylic acids is 2. The van der Waals surface area contributed by atoms with Crippen molar-refractivity contribution in [3.8, 4) is 0 Å². The van der Waals surface area contributed by atoms with E-state index >= 15 is 0 Å². The molecule has 0 atom stereocenters. The van der Waals surface area contributed by atoms with Crippen molar-refractivity contribution in [2.45, 2.75) is 13.5 Å². The molecular formula is C10H11NO3. The second-order valence-corrected chi connectivity index (χ2v) is 2.80. The zero-order valence-corrected chi connectivity index (χ0v) is 7.82. The zero-order chi connectivity index (χ0) is 10.6. The highest BCUT2D eigenvalue weighted by Crippen LogP contribution is 2.09. The molecule has 74 valence electrons. The number of benzene rings is 1. The summed E-state index contributed by atoms with van der Waals surface area (Å²) in [5.74, 6) is -0.906. The molecule has 0 radical (unpaired) electrons. The molecule has 0 aromatic heterocycles. The Morgan fingerprint density at radius 1 is 1.36 bits per heavy atom. The predicted molar refractivity (Wildman–Crippen MR) is 50.4 cm³/mol. The van der Waals surface area contributed by atoms with Gasteiger partial charge in [0.25, 0.3) is 0 Å². The van der Waals surface area contributed by atoms with Crippen LogP contribution < -0.4 is 5.73 Å². The Bertz CT molecular complexity index is 360. The van der Waals surface area contributed by atoms with Crippen molar-refractivity contribution in [3.63, 3.8) is 0 Å². The molecule has 0 aliphatic carbocycles. The van der Waals surface area contributed by atoms with Gasteiger partial charge in [-0.25, -0.2) is 0 Å². The topological polar surface area (TPSA) is 69.4 Å². The number of hydrogen-bond acceptors (Lipinski definition) is 3. The summed E-state index contributed by atoms with van der Waals surface area (Å²) in [6.07, 6.45) is 0. The molecule has 1 aromatic carbocycles. The third-order valence-corrected chi connectivity index (χ3v) is 1.71. The van der Waals surface area contributed by atoms with Gasteiger partial charge in [-0.3, -0.25) is 9.59 Å². The fourth-order valence-electron chi connectivity index (χ4n) is 1.07. The van der Waals surface area contributed by atoms with Gasteiger partial charge in [0.15, 0.2) is 0 Å². The van der Waals surface area contributed by atoms with Crippen LogP contribution in [0.4, 0.5) is 0 Å². The van der Waals surface area contributed by atoms with E-state index in [4.69, 9.17) is 10.5 Å². The van der Waals surface area contributed by atoms with E-state index in [0.717, 1.165) is 0 Å². The van der Waals surface area contributed by atoms with Crippen molar-refractivity contribution in [1.82, 2.24) is 0 Å². The number of nitrogens with two attached hydrogens (primary N) is 1. The minimum atomic E-state index is -0.521. The molecule has 0 heterocycles. The van der Waals surface area contributed by atoms with Crippen molar-refractivity contribution in [2.75, 3.05) is 0 Å². The zero-order valence-electron chi connectivity index (χ0n) is 7.82. The molecule has 1 aromatic rings. The number of carbonyl (C=O) groups is 2. The average molecular weight is 193 g/mol. The predicted octanol–water partition coefficient (Wildman–Crippen LogP) is 0.849. The summed E-state index contributed by atoms with van der Waals surface area (Å²) in [5, 5.41) is 0. The first kappa shape index (κ1) is 10.2. The molecule has 2 N–H and O–H groups in total. The van der Waals surface area contributed by atoms with Crippen LogP contribution in [0, 0.1) is 0 Å². The van der Waals surface area contributed by atoms with Crippen molar-refractivity contribution in [3.05, 3.63) is 35.4 Å². The standard InChI is InChI=1S/C10H11NO3/c1-7(12)14-6-8-4-2-3-5-9(8)10(11)13/h2-5H,6H2,1H3,(H2,11,13). The summed E-state index contributed by atoms with van der Waals surface area (Å²) in [6, 6.07) is 6.76. The Morgan fingerprint density at radius 2 is 2.00 bits per heavy atom. The summed E-state index contributed by atoms with van der Waals surface area (Å²) in [7, 11) is 0. The van der Waals surface area contributed by atoms with E-state index in [1.807, 2.05) is 0 Å². The molecule has 0 unspecified atom stereocenters. The quantitative estimate of drug-likeness (QED) is 0.723. The minimum absolute atomic E-state index is 0.0778. The number of rotatable bonds is 3. The van der Waals surface area contributed by atoms with E-state index < -0.39 is 5.91 Å². The van der Waals surface area contributed by atoms with E-state index in [9.17, 15) is 9.59 Å². The van der Waals surface area contributed by atoms with Gasteiger partial charge in [-0.15, -0.1) is 0 Å². The summed E-state index contributed by atoms with van der Waals surface area (Å²) < 4.78 is 4.77. The van der Waals surface area contributed by atoms with E-state index in [1.54, 1.807) is 24.3 Å². The van der Waals surface area contributed by atoms with E-state index in [1.165, 1.54) is 6.92 Å². The highest BCUT2D eigenvalue weighted by molar-refractivity contribution is 5.94. The molecule has 1 amide bonds. The number of hydrogen-bond donors (Lipinski definition) is 1. The fraction of sp³-hybridized carbons (Fsp3) is 0.200. The lowest BCUT2D eigenvalue weighted by atomic mass is 10.1. The Hall–Kier alpha value is -1.84. The first-order chi connectivity index (χ1) is 6.61. The molecule has 0 saturated carbocycles. The Labute approximate surface area is 81.7 Å². The third kappa shape index (κ3) is 2.58. The molecule has 0 spiro atoms. The Morgan fingerprint density at radius 3 is 2.57 bits per heavy atom. The second kappa shape index (κ2) is 4.41. The van der Waals surface area contributed by atoms with Gasteiger partial charge in [0.2, 0.25) is 5.91 Å². The third-order valence-electron chi connectivity index (χ3n) is 1.71. The van der Waals surface area contributed by atoms with Crippen molar-refractivity contribution < 1.29 is 14.3 Å². The van der Waals surface area contributed by atoms with Crippen LogP contribution in [0.2, 0.25) is 0 Å². The van der Waals surface area contributed by atoms with Crippen LogP contribution in [-0.4, -0.2) is 11.9 Å². The molecule has 4 nitrogen and oxygen atoms in total. The molecule has 0 bridgehead atoms. The Kier molecular flexibility index (Phi) is 3.23. The summed E-state index contributed by atoms with van der Waals surface area (Å²) in [6.45, 7) is 1.39. The van der Waals surface area contributed by atoms with E-state index in [-0.39, 0.29) is 12.6 Å². The maximum absolute atomic E-state index is 10.9. The Balaban J connectivity index is 2.84. The fourth-order valence-corrected chi connectivity index (χ4v) is 1.07. The van der Waals surface area contributed by atoms with E-state index in [2.05, 4.69) is 0 Å². The summed E-state index contributed by atoms with van der Waals surface area (Å²) >= 11 is 0. The van der Waals surface area contributed by atoms with Gasteiger partial charge in [-0.05, 0) is 6.07 Å². The normalized spacial score (nSPS) is 9.50. The van der Waals surface area contributed by atoms with Gasteiger partial charge in [0.1, 0.15) is 6.61 Å². The SMILES string of the molecule is CC(=O)OCc1ccccc1C(N)=O. The van der Waals surface area contributed by atoms with Crippen molar-refractivity contribution in [1.29, 1.82) is 0 Å². The summed E-state index contributed by atoms with van der Waals surface area (Å²) in [5.41, 5.74) is 6.15. The minimum Gasteiger partial charge on any atom is -0.461 e. The first-order valence-corrected chi connectivity index (χ1v) is 4.12. The number of amides is 1. The van der Waals surface area contributed by atoms with Crippen molar-refractivity contribution >= 4 is 11.9 Å². The maximum Gasteiger partial charge on any atom is 0.302 e. The molecule has 0 aliphatic rings. The lowest BCUT2D eigenvalue weighted by Gasteiger charge is -2.05.